The Balaban J connectivity index is 2.37. The minimum absolute atomic E-state index is 0.142. The number of hydrogen-bond acceptors (Lipinski definition) is 3. The molecule has 0 aliphatic rings. The van der Waals surface area contributed by atoms with Crippen LogP contribution in [0.15, 0.2) is 18.5 Å². The summed E-state index contributed by atoms with van der Waals surface area (Å²) in [6, 6.07) is 0.312. The summed E-state index contributed by atoms with van der Waals surface area (Å²) in [5, 5.41) is 17.9. The number of carbonyl (C=O) groups is 2. The second-order valence-corrected chi connectivity index (χ2v) is 4.05. The van der Waals surface area contributed by atoms with Gasteiger partial charge in [-0.2, -0.15) is 5.10 Å². The lowest BCUT2D eigenvalue weighted by atomic mass is 10.2. The first-order chi connectivity index (χ1) is 8.52. The number of hydrogen-bond donors (Lipinski definition) is 3. The van der Waals surface area contributed by atoms with E-state index in [2.05, 4.69) is 15.7 Å². The van der Waals surface area contributed by atoms with Gasteiger partial charge in [0.25, 0.3) is 0 Å². The van der Waals surface area contributed by atoms with Gasteiger partial charge in [-0.05, 0) is 19.4 Å². The standard InChI is InChI=1S/C11H18N4O3/c1-3-9(10(16)17)14-11(18)13-8(2)7-15-6-4-5-12-15/h4-6,8-9H,3,7H2,1-2H3,(H,16,17)(H2,13,14,18). The van der Waals surface area contributed by atoms with Gasteiger partial charge in [-0.3, -0.25) is 4.68 Å². The number of aliphatic carboxylic acids is 1. The Bertz CT molecular complexity index is 391. The van der Waals surface area contributed by atoms with Gasteiger partial charge >= 0.3 is 12.0 Å². The lowest BCUT2D eigenvalue weighted by Crippen LogP contribution is -2.49. The summed E-state index contributed by atoms with van der Waals surface area (Å²) in [5.41, 5.74) is 0. The molecule has 1 aromatic heterocycles. The zero-order chi connectivity index (χ0) is 13.5. The molecule has 1 aromatic rings. The molecule has 0 spiro atoms. The van der Waals surface area contributed by atoms with Crippen LogP contribution < -0.4 is 10.6 Å². The predicted octanol–water partition coefficient (Wildman–Crippen LogP) is 0.434. The van der Waals surface area contributed by atoms with Crippen LogP contribution in [0.25, 0.3) is 0 Å². The first kappa shape index (κ1) is 14.0. The van der Waals surface area contributed by atoms with E-state index in [4.69, 9.17) is 5.11 Å². The molecular weight excluding hydrogens is 236 g/mol. The summed E-state index contributed by atoms with van der Waals surface area (Å²) in [5.74, 6) is -1.03. The van der Waals surface area contributed by atoms with Gasteiger partial charge in [0, 0.05) is 18.4 Å². The molecule has 100 valence electrons. The molecule has 1 rings (SSSR count). The van der Waals surface area contributed by atoms with Crippen molar-refractivity contribution < 1.29 is 14.7 Å². The Kier molecular flexibility index (Phi) is 5.16. The first-order valence-electron chi connectivity index (χ1n) is 5.80. The number of nitrogens with one attached hydrogen (secondary N) is 2. The van der Waals surface area contributed by atoms with Crippen LogP contribution in [0.3, 0.4) is 0 Å². The lowest BCUT2D eigenvalue weighted by molar-refractivity contribution is -0.139. The fourth-order valence-electron chi connectivity index (χ4n) is 1.50. The number of carbonyl (C=O) groups excluding carboxylic acids is 1. The summed E-state index contributed by atoms with van der Waals surface area (Å²) in [6.07, 6.45) is 3.79. The number of nitrogens with zero attached hydrogens (tertiary/aromatic N) is 2. The number of aromatic nitrogens is 2. The molecule has 3 N–H and O–H groups in total. The largest absolute Gasteiger partial charge is 0.480 e. The van der Waals surface area contributed by atoms with Crippen molar-refractivity contribution in [2.24, 2.45) is 0 Å². The third-order valence-corrected chi connectivity index (χ3v) is 2.41. The Morgan fingerprint density at radius 1 is 1.44 bits per heavy atom. The topological polar surface area (TPSA) is 96.3 Å². The monoisotopic (exact) mass is 254 g/mol. The fourth-order valence-corrected chi connectivity index (χ4v) is 1.50. The Morgan fingerprint density at radius 3 is 2.67 bits per heavy atom. The number of carboxylic acids is 1. The van der Waals surface area contributed by atoms with Crippen LogP contribution in [0.2, 0.25) is 0 Å². The quantitative estimate of drug-likeness (QED) is 0.686. The van der Waals surface area contributed by atoms with Crippen molar-refractivity contribution >= 4 is 12.0 Å². The third-order valence-electron chi connectivity index (χ3n) is 2.41. The van der Waals surface area contributed by atoms with Gasteiger partial charge in [-0.1, -0.05) is 6.92 Å². The highest BCUT2D eigenvalue weighted by molar-refractivity contribution is 5.82. The maximum atomic E-state index is 11.5. The molecule has 1 heterocycles. The maximum absolute atomic E-state index is 11.5. The number of urea groups is 1. The minimum Gasteiger partial charge on any atom is -0.480 e. The highest BCUT2D eigenvalue weighted by Gasteiger charge is 2.18. The molecule has 0 saturated carbocycles. The average molecular weight is 254 g/mol. The van der Waals surface area contributed by atoms with Crippen molar-refractivity contribution in [1.82, 2.24) is 20.4 Å². The van der Waals surface area contributed by atoms with Crippen molar-refractivity contribution in [2.45, 2.75) is 38.9 Å². The summed E-state index contributed by atoms with van der Waals surface area (Å²) < 4.78 is 1.69. The molecule has 0 aliphatic carbocycles. The zero-order valence-electron chi connectivity index (χ0n) is 10.5. The van der Waals surface area contributed by atoms with Crippen molar-refractivity contribution in [3.63, 3.8) is 0 Å². The molecule has 2 unspecified atom stereocenters. The average Bonchev–Trinajstić information content (AvgIpc) is 2.77. The number of amides is 2. The fraction of sp³-hybridized carbons (Fsp3) is 0.545. The third kappa shape index (κ3) is 4.44. The maximum Gasteiger partial charge on any atom is 0.326 e. The van der Waals surface area contributed by atoms with Gasteiger partial charge in [-0.15, -0.1) is 0 Å². The van der Waals surface area contributed by atoms with E-state index >= 15 is 0 Å². The summed E-state index contributed by atoms with van der Waals surface area (Å²) >= 11 is 0. The first-order valence-corrected chi connectivity index (χ1v) is 5.80. The molecule has 0 fully saturated rings. The van der Waals surface area contributed by atoms with Crippen molar-refractivity contribution in [3.8, 4) is 0 Å². The normalized spacial score (nSPS) is 13.7. The number of rotatable bonds is 6. The zero-order valence-corrected chi connectivity index (χ0v) is 10.5. The highest BCUT2D eigenvalue weighted by atomic mass is 16.4. The molecule has 0 aromatic carbocycles. The van der Waals surface area contributed by atoms with Gasteiger partial charge in [-0.25, -0.2) is 9.59 Å². The van der Waals surface area contributed by atoms with E-state index in [0.29, 0.717) is 13.0 Å². The van der Waals surface area contributed by atoms with Crippen LogP contribution in [0.1, 0.15) is 20.3 Å². The van der Waals surface area contributed by atoms with Gasteiger partial charge in [0.2, 0.25) is 0 Å². The summed E-state index contributed by atoms with van der Waals surface area (Å²) in [6.45, 7) is 4.06. The molecule has 7 nitrogen and oxygen atoms in total. The summed E-state index contributed by atoms with van der Waals surface area (Å²) in [7, 11) is 0. The molecule has 2 amide bonds. The second-order valence-electron chi connectivity index (χ2n) is 4.05. The lowest BCUT2D eigenvalue weighted by Gasteiger charge is -2.17. The van der Waals surface area contributed by atoms with Gasteiger partial charge < -0.3 is 15.7 Å². The molecular formula is C11H18N4O3. The minimum atomic E-state index is -1.03. The Morgan fingerprint density at radius 2 is 2.17 bits per heavy atom. The molecule has 0 radical (unpaired) electrons. The second kappa shape index (κ2) is 6.63. The van der Waals surface area contributed by atoms with Crippen LogP contribution in [-0.2, 0) is 11.3 Å². The van der Waals surface area contributed by atoms with E-state index in [1.54, 1.807) is 30.1 Å². The van der Waals surface area contributed by atoms with Gasteiger partial charge in [0.1, 0.15) is 6.04 Å². The van der Waals surface area contributed by atoms with Crippen molar-refractivity contribution in [2.75, 3.05) is 0 Å². The molecule has 0 aliphatic heterocycles. The molecule has 0 bridgehead atoms. The number of carboxylic acid groups (broad SMARTS) is 1. The van der Waals surface area contributed by atoms with Crippen LogP contribution >= 0.6 is 0 Å². The predicted molar refractivity (Wildman–Crippen MR) is 65.1 cm³/mol. The van der Waals surface area contributed by atoms with Crippen molar-refractivity contribution in [1.29, 1.82) is 0 Å². The Hall–Kier alpha value is -2.05. The van der Waals surface area contributed by atoms with Crippen molar-refractivity contribution in [3.05, 3.63) is 18.5 Å². The van der Waals surface area contributed by atoms with E-state index in [0.717, 1.165) is 0 Å². The van der Waals surface area contributed by atoms with E-state index in [-0.39, 0.29) is 6.04 Å². The van der Waals surface area contributed by atoms with E-state index in [1.165, 1.54) is 0 Å². The van der Waals surface area contributed by atoms with Gasteiger partial charge in [0.15, 0.2) is 0 Å². The van der Waals surface area contributed by atoms with Crippen LogP contribution in [0.5, 0.6) is 0 Å². The smallest absolute Gasteiger partial charge is 0.326 e. The molecule has 0 saturated heterocycles. The van der Waals surface area contributed by atoms with Crippen LogP contribution in [0.4, 0.5) is 4.79 Å². The van der Waals surface area contributed by atoms with E-state index < -0.39 is 18.0 Å². The SMILES string of the molecule is CCC(NC(=O)NC(C)Cn1cccn1)C(=O)O. The Labute approximate surface area is 105 Å². The molecule has 18 heavy (non-hydrogen) atoms. The molecule has 7 heteroatoms. The van der Waals surface area contributed by atoms with Crippen LogP contribution in [-0.4, -0.2) is 39.0 Å². The van der Waals surface area contributed by atoms with E-state index in [1.807, 2.05) is 6.92 Å². The summed E-state index contributed by atoms with van der Waals surface area (Å²) in [4.78, 5) is 22.3. The van der Waals surface area contributed by atoms with Gasteiger partial charge in [0.05, 0.1) is 6.54 Å². The van der Waals surface area contributed by atoms with Crippen LogP contribution in [0, 0.1) is 0 Å². The molecule has 2 atom stereocenters. The van der Waals surface area contributed by atoms with E-state index in [9.17, 15) is 9.59 Å². The highest BCUT2D eigenvalue weighted by Crippen LogP contribution is 1.93.